The van der Waals surface area contributed by atoms with E-state index in [9.17, 15) is 9.90 Å². The quantitative estimate of drug-likeness (QED) is 0.610. The summed E-state index contributed by atoms with van der Waals surface area (Å²) in [7, 11) is 0. The second-order valence-electron chi connectivity index (χ2n) is 10.6. The molecule has 1 amide bonds. The van der Waals surface area contributed by atoms with Crippen LogP contribution in [0.2, 0.25) is 0 Å². The summed E-state index contributed by atoms with van der Waals surface area (Å²) in [5, 5.41) is 18.7. The molecule has 4 saturated carbocycles. The Kier molecular flexibility index (Phi) is 4.51. The fourth-order valence-corrected chi connectivity index (χ4v) is 6.22. The Labute approximate surface area is 177 Å². The number of aliphatic hydroxyl groups is 1. The first kappa shape index (κ1) is 19.7. The summed E-state index contributed by atoms with van der Waals surface area (Å²) >= 11 is 0. The standard InChI is InChI=1S/C23H32N4O3/c1-22(2,3)30-21(28)26-12-16-11-25-20-17(4-5-24-20)19(16)27-18-14-6-13-7-15(18)10-23(29,8-13)9-14/h4-5,11,13-15,18,29H,6-10,12H2,1-3H3,(H,26,28)(H2,24,25,27). The fourth-order valence-electron chi connectivity index (χ4n) is 6.22. The van der Waals surface area contributed by atoms with Gasteiger partial charge in [-0.3, -0.25) is 0 Å². The topological polar surface area (TPSA) is 99.3 Å². The Morgan fingerprint density at radius 3 is 2.70 bits per heavy atom. The molecule has 0 radical (unpaired) electrons. The van der Waals surface area contributed by atoms with Gasteiger partial charge in [-0.2, -0.15) is 0 Å². The number of aromatic nitrogens is 2. The van der Waals surface area contributed by atoms with Crippen LogP contribution in [-0.4, -0.2) is 38.4 Å². The number of ether oxygens (including phenoxy) is 1. The zero-order valence-electron chi connectivity index (χ0n) is 18.0. The molecule has 162 valence electrons. The highest BCUT2D eigenvalue weighted by Crippen LogP contribution is 2.56. The Balaban J connectivity index is 1.39. The Hall–Kier alpha value is -2.28. The number of anilines is 1. The maximum Gasteiger partial charge on any atom is 0.407 e. The number of amides is 1. The monoisotopic (exact) mass is 412 g/mol. The molecule has 6 rings (SSSR count). The summed E-state index contributed by atoms with van der Waals surface area (Å²) in [4.78, 5) is 19.9. The maximum atomic E-state index is 12.2. The van der Waals surface area contributed by atoms with Crippen molar-refractivity contribution in [3.63, 3.8) is 0 Å². The van der Waals surface area contributed by atoms with Gasteiger partial charge in [-0.25, -0.2) is 9.78 Å². The molecule has 4 bridgehead atoms. The molecule has 4 N–H and O–H groups in total. The van der Waals surface area contributed by atoms with E-state index in [-0.39, 0.29) is 0 Å². The smallest absolute Gasteiger partial charge is 0.407 e. The van der Waals surface area contributed by atoms with Gasteiger partial charge in [0.25, 0.3) is 0 Å². The molecule has 4 aliphatic carbocycles. The van der Waals surface area contributed by atoms with Gasteiger partial charge in [0, 0.05) is 35.9 Å². The number of carbonyl (C=O) groups excluding carboxylic acids is 1. The summed E-state index contributed by atoms with van der Waals surface area (Å²) in [6, 6.07) is 2.38. The molecule has 4 aliphatic rings. The number of hydrogen-bond donors (Lipinski definition) is 4. The zero-order chi connectivity index (χ0) is 21.1. The van der Waals surface area contributed by atoms with Crippen LogP contribution in [0.25, 0.3) is 11.0 Å². The second kappa shape index (κ2) is 6.87. The number of rotatable bonds is 4. The van der Waals surface area contributed by atoms with Gasteiger partial charge in [0.2, 0.25) is 0 Å². The summed E-state index contributed by atoms with van der Waals surface area (Å²) in [6.07, 6.45) is 8.45. The van der Waals surface area contributed by atoms with Gasteiger partial charge in [0.15, 0.2) is 0 Å². The first-order valence-corrected chi connectivity index (χ1v) is 11.1. The van der Waals surface area contributed by atoms with Crippen LogP contribution in [0.1, 0.15) is 58.4 Å². The number of H-pyrrole nitrogens is 1. The van der Waals surface area contributed by atoms with E-state index in [4.69, 9.17) is 4.74 Å². The van der Waals surface area contributed by atoms with Gasteiger partial charge in [0.1, 0.15) is 11.2 Å². The van der Waals surface area contributed by atoms with E-state index in [1.165, 1.54) is 12.8 Å². The lowest BCUT2D eigenvalue weighted by Crippen LogP contribution is -2.59. The van der Waals surface area contributed by atoms with Crippen LogP contribution >= 0.6 is 0 Å². The van der Waals surface area contributed by atoms with E-state index in [1.807, 2.05) is 39.2 Å². The van der Waals surface area contributed by atoms with E-state index in [0.29, 0.717) is 30.3 Å². The highest BCUT2D eigenvalue weighted by atomic mass is 16.6. The number of alkyl carbamates (subject to hydrolysis) is 1. The maximum absolute atomic E-state index is 12.2. The molecule has 7 heteroatoms. The number of nitrogens with zero attached hydrogens (tertiary/aromatic N) is 1. The average molecular weight is 413 g/mol. The average Bonchev–Trinajstić information content (AvgIpc) is 3.09. The number of nitrogens with one attached hydrogen (secondary N) is 3. The third-order valence-corrected chi connectivity index (χ3v) is 7.04. The molecular weight excluding hydrogens is 380 g/mol. The molecule has 4 fully saturated rings. The van der Waals surface area contributed by atoms with Crippen molar-refractivity contribution in [2.24, 2.45) is 17.8 Å². The van der Waals surface area contributed by atoms with E-state index in [1.54, 1.807) is 0 Å². The van der Waals surface area contributed by atoms with Crippen LogP contribution in [0.5, 0.6) is 0 Å². The first-order valence-electron chi connectivity index (χ1n) is 11.1. The van der Waals surface area contributed by atoms with Crippen LogP contribution in [0.3, 0.4) is 0 Å². The van der Waals surface area contributed by atoms with Crippen LogP contribution in [-0.2, 0) is 11.3 Å². The van der Waals surface area contributed by atoms with E-state index >= 15 is 0 Å². The molecule has 0 saturated heterocycles. The zero-order valence-corrected chi connectivity index (χ0v) is 18.0. The Morgan fingerprint density at radius 2 is 2.03 bits per heavy atom. The summed E-state index contributed by atoms with van der Waals surface area (Å²) < 4.78 is 5.39. The normalized spacial score (nSPS) is 32.4. The molecule has 2 aromatic heterocycles. The van der Waals surface area contributed by atoms with Crippen molar-refractivity contribution < 1.29 is 14.6 Å². The third kappa shape index (κ3) is 3.64. The highest BCUT2D eigenvalue weighted by molar-refractivity contribution is 5.91. The summed E-state index contributed by atoms with van der Waals surface area (Å²) in [5.41, 5.74) is 1.83. The van der Waals surface area contributed by atoms with Gasteiger partial charge < -0.3 is 25.5 Å². The van der Waals surface area contributed by atoms with Crippen LogP contribution in [0.4, 0.5) is 10.5 Å². The first-order chi connectivity index (χ1) is 14.2. The van der Waals surface area contributed by atoms with Crippen molar-refractivity contribution in [2.75, 3.05) is 5.32 Å². The molecule has 2 aromatic rings. The predicted molar refractivity (Wildman–Crippen MR) is 115 cm³/mol. The molecule has 0 aromatic carbocycles. The van der Waals surface area contributed by atoms with E-state index < -0.39 is 17.3 Å². The van der Waals surface area contributed by atoms with Crippen molar-refractivity contribution in [3.05, 3.63) is 24.0 Å². The molecule has 7 nitrogen and oxygen atoms in total. The second-order valence-corrected chi connectivity index (χ2v) is 10.6. The van der Waals surface area contributed by atoms with Crippen molar-refractivity contribution in [3.8, 4) is 0 Å². The molecule has 30 heavy (non-hydrogen) atoms. The van der Waals surface area contributed by atoms with Crippen molar-refractivity contribution in [2.45, 2.75) is 76.7 Å². The minimum Gasteiger partial charge on any atom is -0.444 e. The van der Waals surface area contributed by atoms with Gasteiger partial charge in [-0.15, -0.1) is 0 Å². The van der Waals surface area contributed by atoms with E-state index in [0.717, 1.165) is 41.5 Å². The molecule has 0 aliphatic heterocycles. The third-order valence-electron chi connectivity index (χ3n) is 7.04. The number of pyridine rings is 1. The predicted octanol–water partition coefficient (Wildman–Crippen LogP) is 3.94. The lowest BCUT2D eigenvalue weighted by molar-refractivity contribution is -0.129. The van der Waals surface area contributed by atoms with Gasteiger partial charge >= 0.3 is 6.09 Å². The molecule has 2 unspecified atom stereocenters. The van der Waals surface area contributed by atoms with Crippen LogP contribution in [0, 0.1) is 17.8 Å². The van der Waals surface area contributed by atoms with Crippen molar-refractivity contribution in [1.29, 1.82) is 0 Å². The highest BCUT2D eigenvalue weighted by Gasteiger charge is 2.54. The van der Waals surface area contributed by atoms with Crippen molar-refractivity contribution in [1.82, 2.24) is 15.3 Å². The minimum absolute atomic E-state index is 0.347. The molecule has 0 spiro atoms. The number of hydrogen-bond acceptors (Lipinski definition) is 5. The van der Waals surface area contributed by atoms with E-state index in [2.05, 4.69) is 20.6 Å². The minimum atomic E-state index is -0.533. The largest absolute Gasteiger partial charge is 0.444 e. The SMILES string of the molecule is CC(C)(C)OC(=O)NCc1cnc2[nH]ccc2c1NC1C2CC3CC1CC(O)(C3)C2. The van der Waals surface area contributed by atoms with Gasteiger partial charge in [-0.1, -0.05) is 0 Å². The number of carbonyl (C=O) groups is 1. The fraction of sp³-hybridized carbons (Fsp3) is 0.652. The summed E-state index contributed by atoms with van der Waals surface area (Å²) in [5.74, 6) is 1.66. The number of aromatic amines is 1. The van der Waals surface area contributed by atoms with Gasteiger partial charge in [0.05, 0.1) is 11.3 Å². The van der Waals surface area contributed by atoms with Crippen LogP contribution < -0.4 is 10.6 Å². The Bertz CT molecular complexity index is 947. The summed E-state index contributed by atoms with van der Waals surface area (Å²) in [6.45, 7) is 5.91. The molecule has 2 atom stereocenters. The lowest BCUT2D eigenvalue weighted by Gasteiger charge is -2.58. The van der Waals surface area contributed by atoms with Gasteiger partial charge in [-0.05, 0) is 76.7 Å². The lowest BCUT2D eigenvalue weighted by atomic mass is 9.52. The Morgan fingerprint density at radius 1 is 1.30 bits per heavy atom. The van der Waals surface area contributed by atoms with Crippen molar-refractivity contribution >= 4 is 22.8 Å². The van der Waals surface area contributed by atoms with Crippen LogP contribution in [0.15, 0.2) is 18.5 Å². The molecule has 2 heterocycles. The number of fused-ring (bicyclic) bond motifs is 1. The molecular formula is C23H32N4O3.